The summed E-state index contributed by atoms with van der Waals surface area (Å²) >= 11 is 0. The third-order valence-corrected chi connectivity index (χ3v) is 4.98. The molecule has 30 heavy (non-hydrogen) atoms. The standard InChI is InChI=1S/C19H19F4N5O2/c1-18(3-4-19(23,9-20)17(24)28-18)11-5-10(6-12(21)15(11)22)27-16(29)13-7-26-14(30-2)8-25-13/h5-8H,3-4,9H2,1-2H3,(H2,24,28)(H,27,29)/t18-,19-/m0/s1. The van der Waals surface area contributed by atoms with Crippen LogP contribution in [0.25, 0.3) is 0 Å². The Morgan fingerprint density at radius 1 is 1.27 bits per heavy atom. The van der Waals surface area contributed by atoms with E-state index < -0.39 is 41.3 Å². The number of hydrogen-bond acceptors (Lipinski definition) is 6. The van der Waals surface area contributed by atoms with Crippen LogP contribution in [-0.2, 0) is 5.54 Å². The molecule has 1 aromatic heterocycles. The normalized spacial score (nSPS) is 23.6. The molecule has 3 N–H and O–H groups in total. The van der Waals surface area contributed by atoms with Gasteiger partial charge in [-0.25, -0.2) is 27.5 Å². The summed E-state index contributed by atoms with van der Waals surface area (Å²) in [7, 11) is 1.38. The van der Waals surface area contributed by atoms with Crippen molar-refractivity contribution < 1.29 is 27.1 Å². The van der Waals surface area contributed by atoms with Gasteiger partial charge in [-0.1, -0.05) is 0 Å². The van der Waals surface area contributed by atoms with Crippen molar-refractivity contribution in [3.63, 3.8) is 0 Å². The Labute approximate surface area is 169 Å². The Kier molecular flexibility index (Phi) is 5.64. The molecule has 2 aromatic rings. The SMILES string of the molecule is COc1cnc(C(=O)Nc2cc(F)c(F)c([C@]3(C)CC[C@](F)(CF)C(N)=N3)c2)cn1. The fourth-order valence-corrected chi connectivity index (χ4v) is 3.11. The van der Waals surface area contributed by atoms with E-state index in [9.17, 15) is 22.4 Å². The summed E-state index contributed by atoms with van der Waals surface area (Å²) in [4.78, 5) is 24.0. The first kappa shape index (κ1) is 21.5. The smallest absolute Gasteiger partial charge is 0.275 e. The van der Waals surface area contributed by atoms with Gasteiger partial charge in [0.2, 0.25) is 5.88 Å². The van der Waals surface area contributed by atoms with Crippen molar-refractivity contribution in [2.75, 3.05) is 19.1 Å². The van der Waals surface area contributed by atoms with Crippen LogP contribution in [0.15, 0.2) is 29.5 Å². The molecule has 2 heterocycles. The number of hydrogen-bond donors (Lipinski definition) is 2. The first-order valence-corrected chi connectivity index (χ1v) is 8.89. The molecule has 0 spiro atoms. The van der Waals surface area contributed by atoms with Gasteiger partial charge in [-0.05, 0) is 25.8 Å². The molecular formula is C19H19F4N5O2. The number of halogens is 4. The van der Waals surface area contributed by atoms with E-state index in [1.54, 1.807) is 0 Å². The van der Waals surface area contributed by atoms with Gasteiger partial charge in [-0.3, -0.25) is 9.79 Å². The van der Waals surface area contributed by atoms with Crippen molar-refractivity contribution in [1.29, 1.82) is 0 Å². The molecule has 11 heteroatoms. The molecule has 0 radical (unpaired) electrons. The number of nitrogens with zero attached hydrogens (tertiary/aromatic N) is 3. The summed E-state index contributed by atoms with van der Waals surface area (Å²) in [5, 5.41) is 2.40. The second kappa shape index (κ2) is 7.88. The van der Waals surface area contributed by atoms with E-state index in [4.69, 9.17) is 10.5 Å². The van der Waals surface area contributed by atoms with Gasteiger partial charge >= 0.3 is 0 Å². The lowest BCUT2D eigenvalue weighted by Crippen LogP contribution is -2.48. The molecule has 2 atom stereocenters. The number of aromatic nitrogens is 2. The minimum atomic E-state index is -2.44. The number of nitrogens with one attached hydrogen (secondary N) is 1. The number of alkyl halides is 2. The molecule has 1 amide bonds. The second-order valence-corrected chi connectivity index (χ2v) is 7.09. The van der Waals surface area contributed by atoms with Crippen molar-refractivity contribution in [2.24, 2.45) is 10.7 Å². The molecule has 1 aliphatic rings. The van der Waals surface area contributed by atoms with E-state index in [0.717, 1.165) is 12.3 Å². The molecule has 1 aromatic carbocycles. The van der Waals surface area contributed by atoms with Gasteiger partial charge in [0, 0.05) is 17.3 Å². The fourth-order valence-electron chi connectivity index (χ4n) is 3.11. The van der Waals surface area contributed by atoms with Gasteiger partial charge in [0.1, 0.15) is 18.2 Å². The molecule has 0 bridgehead atoms. The van der Waals surface area contributed by atoms with Crippen LogP contribution in [0.4, 0.5) is 23.2 Å². The molecule has 0 aliphatic carbocycles. The van der Waals surface area contributed by atoms with Crippen LogP contribution in [0.3, 0.4) is 0 Å². The first-order valence-electron chi connectivity index (χ1n) is 8.89. The highest BCUT2D eigenvalue weighted by atomic mass is 19.2. The maximum atomic E-state index is 14.6. The molecule has 1 aliphatic heterocycles. The Balaban J connectivity index is 1.93. The van der Waals surface area contributed by atoms with Gasteiger partial charge in [-0.2, -0.15) is 0 Å². The van der Waals surface area contributed by atoms with Gasteiger partial charge in [0.05, 0.1) is 25.0 Å². The quantitative estimate of drug-likeness (QED) is 0.717. The Hall–Kier alpha value is -3.24. The topological polar surface area (TPSA) is 102 Å². The minimum absolute atomic E-state index is 0.0795. The number of amides is 1. The molecule has 0 unspecified atom stereocenters. The average Bonchev–Trinajstić information content (AvgIpc) is 2.73. The van der Waals surface area contributed by atoms with Crippen LogP contribution in [-0.4, -0.2) is 41.2 Å². The zero-order chi connectivity index (χ0) is 22.1. The van der Waals surface area contributed by atoms with Gasteiger partial charge in [-0.15, -0.1) is 0 Å². The minimum Gasteiger partial charge on any atom is -0.480 e. The summed E-state index contributed by atoms with van der Waals surface area (Å²) in [6.07, 6.45) is 1.90. The fraction of sp³-hybridized carbons (Fsp3) is 0.368. The van der Waals surface area contributed by atoms with E-state index in [2.05, 4.69) is 20.3 Å². The molecule has 3 rings (SSSR count). The highest BCUT2D eigenvalue weighted by Crippen LogP contribution is 2.41. The maximum absolute atomic E-state index is 14.6. The van der Waals surface area contributed by atoms with Crippen molar-refractivity contribution >= 4 is 17.4 Å². The van der Waals surface area contributed by atoms with Crippen LogP contribution in [0.1, 0.15) is 35.8 Å². The van der Waals surface area contributed by atoms with Crippen molar-refractivity contribution in [3.8, 4) is 5.88 Å². The monoisotopic (exact) mass is 425 g/mol. The number of carbonyl (C=O) groups excluding carboxylic acids is 1. The van der Waals surface area contributed by atoms with Gasteiger partial charge in [0.15, 0.2) is 17.3 Å². The summed E-state index contributed by atoms with van der Waals surface area (Å²) in [6.45, 7) is 0.0598. The zero-order valence-corrected chi connectivity index (χ0v) is 16.2. The lowest BCUT2D eigenvalue weighted by molar-refractivity contribution is 0.102. The van der Waals surface area contributed by atoms with Crippen molar-refractivity contribution in [1.82, 2.24) is 9.97 Å². The number of aliphatic imine (C=N–C) groups is 1. The zero-order valence-electron chi connectivity index (χ0n) is 16.2. The van der Waals surface area contributed by atoms with E-state index in [0.29, 0.717) is 0 Å². The third-order valence-electron chi connectivity index (χ3n) is 4.98. The molecule has 0 saturated carbocycles. The maximum Gasteiger partial charge on any atom is 0.275 e. The number of benzene rings is 1. The third kappa shape index (κ3) is 3.91. The molecule has 0 fully saturated rings. The lowest BCUT2D eigenvalue weighted by Gasteiger charge is -2.36. The van der Waals surface area contributed by atoms with Gasteiger partial charge < -0.3 is 15.8 Å². The van der Waals surface area contributed by atoms with E-state index in [1.807, 2.05) is 0 Å². The number of nitrogens with two attached hydrogens (primary N) is 1. The second-order valence-electron chi connectivity index (χ2n) is 7.09. The van der Waals surface area contributed by atoms with Crippen LogP contribution in [0, 0.1) is 11.6 Å². The summed E-state index contributed by atoms with van der Waals surface area (Å²) < 4.78 is 61.0. The highest BCUT2D eigenvalue weighted by molar-refractivity contribution is 6.02. The Bertz CT molecular complexity index is 1000. The van der Waals surface area contributed by atoms with Crippen LogP contribution in [0.2, 0.25) is 0 Å². The number of ether oxygens (including phenoxy) is 1. The van der Waals surface area contributed by atoms with Crippen molar-refractivity contribution in [3.05, 3.63) is 47.4 Å². The largest absolute Gasteiger partial charge is 0.480 e. The average molecular weight is 425 g/mol. The number of methoxy groups -OCH3 is 1. The molecule has 7 nitrogen and oxygen atoms in total. The van der Waals surface area contributed by atoms with Crippen molar-refractivity contribution in [2.45, 2.75) is 31.0 Å². The summed E-state index contributed by atoms with van der Waals surface area (Å²) in [6, 6.07) is 1.96. The predicted octanol–water partition coefficient (Wildman–Crippen LogP) is 3.06. The highest BCUT2D eigenvalue weighted by Gasteiger charge is 2.45. The van der Waals surface area contributed by atoms with E-state index in [1.165, 1.54) is 26.3 Å². The van der Waals surface area contributed by atoms with Crippen LogP contribution >= 0.6 is 0 Å². The number of rotatable bonds is 5. The summed E-state index contributed by atoms with van der Waals surface area (Å²) in [5.41, 5.74) is 1.27. The molecule has 0 saturated heterocycles. The Morgan fingerprint density at radius 2 is 2.00 bits per heavy atom. The molecular weight excluding hydrogens is 406 g/mol. The number of amidine groups is 1. The summed E-state index contributed by atoms with van der Waals surface area (Å²) in [5.74, 6) is -3.62. The number of anilines is 1. The first-order chi connectivity index (χ1) is 14.1. The Morgan fingerprint density at radius 3 is 2.57 bits per heavy atom. The number of carbonyl (C=O) groups is 1. The predicted molar refractivity (Wildman–Crippen MR) is 101 cm³/mol. The van der Waals surface area contributed by atoms with Crippen LogP contribution in [0.5, 0.6) is 5.88 Å². The van der Waals surface area contributed by atoms with Gasteiger partial charge in [0.25, 0.3) is 5.91 Å². The van der Waals surface area contributed by atoms with E-state index >= 15 is 0 Å². The van der Waals surface area contributed by atoms with Crippen LogP contribution < -0.4 is 15.8 Å². The van der Waals surface area contributed by atoms with E-state index in [-0.39, 0.29) is 35.7 Å². The molecule has 160 valence electrons. The lowest BCUT2D eigenvalue weighted by atomic mass is 9.80.